The highest BCUT2D eigenvalue weighted by molar-refractivity contribution is 5.78. The van der Waals surface area contributed by atoms with Crippen molar-refractivity contribution < 1.29 is 9.53 Å². The normalized spacial score (nSPS) is 18.1. The van der Waals surface area contributed by atoms with E-state index in [0.717, 1.165) is 0 Å². The standard InChI is InChI=1S/C7H14N2O2/c1-9(2)3-7(10)8-6-4-11-5-6/h6H,3-5H2,1-2H3,(H,8,10). The lowest BCUT2D eigenvalue weighted by molar-refractivity contribution is -0.125. The highest BCUT2D eigenvalue weighted by Gasteiger charge is 2.19. The zero-order chi connectivity index (χ0) is 8.27. The van der Waals surface area contributed by atoms with E-state index in [9.17, 15) is 4.79 Å². The minimum Gasteiger partial charge on any atom is -0.377 e. The van der Waals surface area contributed by atoms with Gasteiger partial charge < -0.3 is 15.0 Å². The second-order valence-electron chi connectivity index (χ2n) is 3.04. The first kappa shape index (κ1) is 8.49. The van der Waals surface area contributed by atoms with Crippen LogP contribution in [0.1, 0.15) is 0 Å². The van der Waals surface area contributed by atoms with Crippen LogP contribution in [0, 0.1) is 0 Å². The van der Waals surface area contributed by atoms with E-state index in [4.69, 9.17) is 4.74 Å². The average Bonchev–Trinajstić information content (AvgIpc) is 1.77. The molecule has 0 aliphatic carbocycles. The Morgan fingerprint density at radius 2 is 2.27 bits per heavy atom. The fourth-order valence-corrected chi connectivity index (χ4v) is 0.880. The first-order valence-electron chi connectivity index (χ1n) is 3.70. The predicted molar refractivity (Wildman–Crippen MR) is 41.3 cm³/mol. The summed E-state index contributed by atoms with van der Waals surface area (Å²) in [7, 11) is 3.74. The Hall–Kier alpha value is -0.610. The molecule has 1 saturated heterocycles. The molecule has 0 atom stereocenters. The molecular formula is C7H14N2O2. The first-order chi connectivity index (χ1) is 5.18. The molecule has 1 aliphatic heterocycles. The number of amides is 1. The quantitative estimate of drug-likeness (QED) is 0.576. The Morgan fingerprint density at radius 1 is 1.64 bits per heavy atom. The Balaban J connectivity index is 2.09. The third kappa shape index (κ3) is 2.86. The third-order valence-corrected chi connectivity index (χ3v) is 1.46. The van der Waals surface area contributed by atoms with Crippen LogP contribution in [-0.2, 0) is 9.53 Å². The Morgan fingerprint density at radius 3 is 2.64 bits per heavy atom. The summed E-state index contributed by atoms with van der Waals surface area (Å²) >= 11 is 0. The topological polar surface area (TPSA) is 41.6 Å². The summed E-state index contributed by atoms with van der Waals surface area (Å²) in [6.45, 7) is 1.79. The van der Waals surface area contributed by atoms with Crippen molar-refractivity contribution >= 4 is 5.91 Å². The van der Waals surface area contributed by atoms with Crippen LogP contribution < -0.4 is 5.32 Å². The molecule has 0 spiro atoms. The summed E-state index contributed by atoms with van der Waals surface area (Å²) in [4.78, 5) is 12.9. The van der Waals surface area contributed by atoms with Gasteiger partial charge >= 0.3 is 0 Å². The maximum Gasteiger partial charge on any atom is 0.234 e. The number of nitrogens with one attached hydrogen (secondary N) is 1. The van der Waals surface area contributed by atoms with Crippen LogP contribution in [0.5, 0.6) is 0 Å². The van der Waals surface area contributed by atoms with Gasteiger partial charge in [-0.25, -0.2) is 0 Å². The summed E-state index contributed by atoms with van der Waals surface area (Å²) in [5.41, 5.74) is 0. The van der Waals surface area contributed by atoms with E-state index < -0.39 is 0 Å². The Bertz CT molecular complexity index is 143. The lowest BCUT2D eigenvalue weighted by Gasteiger charge is -2.27. The number of rotatable bonds is 3. The molecule has 1 amide bonds. The van der Waals surface area contributed by atoms with E-state index in [-0.39, 0.29) is 11.9 Å². The van der Waals surface area contributed by atoms with Crippen LogP contribution in [-0.4, -0.2) is 50.7 Å². The summed E-state index contributed by atoms with van der Waals surface area (Å²) < 4.78 is 4.91. The van der Waals surface area contributed by atoms with E-state index in [1.54, 1.807) is 0 Å². The lowest BCUT2D eigenvalue weighted by Crippen LogP contribution is -2.50. The van der Waals surface area contributed by atoms with Crippen molar-refractivity contribution in [1.82, 2.24) is 10.2 Å². The van der Waals surface area contributed by atoms with Crippen LogP contribution in [0.25, 0.3) is 0 Å². The highest BCUT2D eigenvalue weighted by Crippen LogP contribution is 1.98. The van der Waals surface area contributed by atoms with Gasteiger partial charge in [-0.15, -0.1) is 0 Å². The van der Waals surface area contributed by atoms with Gasteiger partial charge in [0.05, 0.1) is 25.8 Å². The molecule has 64 valence electrons. The van der Waals surface area contributed by atoms with Crippen molar-refractivity contribution in [2.45, 2.75) is 6.04 Å². The number of nitrogens with zero attached hydrogens (tertiary/aromatic N) is 1. The molecule has 1 N–H and O–H groups in total. The van der Waals surface area contributed by atoms with Crippen molar-refractivity contribution in [2.75, 3.05) is 33.9 Å². The minimum atomic E-state index is 0.0725. The van der Waals surface area contributed by atoms with Crippen LogP contribution in [0.3, 0.4) is 0 Å². The molecule has 0 unspecified atom stereocenters. The van der Waals surface area contributed by atoms with Gasteiger partial charge in [-0.2, -0.15) is 0 Å². The van der Waals surface area contributed by atoms with Gasteiger partial charge in [0, 0.05) is 0 Å². The van der Waals surface area contributed by atoms with Crippen molar-refractivity contribution in [3.05, 3.63) is 0 Å². The molecule has 1 aliphatic rings. The predicted octanol–water partition coefficient (Wildman–Crippen LogP) is -0.937. The van der Waals surface area contributed by atoms with E-state index in [0.29, 0.717) is 19.8 Å². The smallest absolute Gasteiger partial charge is 0.234 e. The maximum absolute atomic E-state index is 11.0. The van der Waals surface area contributed by atoms with Gasteiger partial charge in [0.2, 0.25) is 5.91 Å². The van der Waals surface area contributed by atoms with Gasteiger partial charge in [-0.3, -0.25) is 4.79 Å². The molecule has 0 bridgehead atoms. The number of hydrogen-bond acceptors (Lipinski definition) is 3. The number of hydrogen-bond donors (Lipinski definition) is 1. The molecule has 0 aromatic carbocycles. The Kier molecular flexibility index (Phi) is 2.84. The molecular weight excluding hydrogens is 144 g/mol. The second-order valence-corrected chi connectivity index (χ2v) is 3.04. The highest BCUT2D eigenvalue weighted by atomic mass is 16.5. The molecule has 1 heterocycles. The lowest BCUT2D eigenvalue weighted by atomic mass is 10.2. The van der Waals surface area contributed by atoms with Crippen LogP contribution in [0.2, 0.25) is 0 Å². The number of carbonyl (C=O) groups is 1. The first-order valence-corrected chi connectivity index (χ1v) is 3.70. The average molecular weight is 158 g/mol. The van der Waals surface area contributed by atoms with E-state index in [1.165, 1.54) is 0 Å². The summed E-state index contributed by atoms with van der Waals surface area (Å²) in [6.07, 6.45) is 0. The van der Waals surface area contributed by atoms with Crippen LogP contribution in [0.4, 0.5) is 0 Å². The molecule has 1 rings (SSSR count). The van der Waals surface area contributed by atoms with Crippen LogP contribution >= 0.6 is 0 Å². The minimum absolute atomic E-state index is 0.0725. The molecule has 11 heavy (non-hydrogen) atoms. The maximum atomic E-state index is 11.0. The Labute approximate surface area is 66.5 Å². The molecule has 0 aromatic rings. The van der Waals surface area contributed by atoms with Gasteiger partial charge in [-0.05, 0) is 14.1 Å². The fraction of sp³-hybridized carbons (Fsp3) is 0.857. The van der Waals surface area contributed by atoms with Crippen molar-refractivity contribution in [3.63, 3.8) is 0 Å². The van der Waals surface area contributed by atoms with Crippen molar-refractivity contribution in [2.24, 2.45) is 0 Å². The van der Waals surface area contributed by atoms with E-state index in [1.807, 2.05) is 19.0 Å². The molecule has 0 aromatic heterocycles. The molecule has 0 radical (unpaired) electrons. The third-order valence-electron chi connectivity index (χ3n) is 1.46. The number of ether oxygens (including phenoxy) is 1. The molecule has 4 nitrogen and oxygen atoms in total. The summed E-state index contributed by atoms with van der Waals surface area (Å²) in [5.74, 6) is 0.0725. The monoisotopic (exact) mass is 158 g/mol. The van der Waals surface area contributed by atoms with Crippen LogP contribution in [0.15, 0.2) is 0 Å². The SMILES string of the molecule is CN(C)CC(=O)NC1COC1. The number of likely N-dealkylation sites (N-methyl/N-ethyl adjacent to an activating group) is 1. The van der Waals surface area contributed by atoms with Crippen molar-refractivity contribution in [3.8, 4) is 0 Å². The van der Waals surface area contributed by atoms with E-state index in [2.05, 4.69) is 5.32 Å². The molecule has 4 heteroatoms. The van der Waals surface area contributed by atoms with Gasteiger partial charge in [0.25, 0.3) is 0 Å². The van der Waals surface area contributed by atoms with Gasteiger partial charge in [0.1, 0.15) is 0 Å². The molecule has 1 fully saturated rings. The summed E-state index contributed by atoms with van der Waals surface area (Å²) in [6, 6.07) is 0.252. The second kappa shape index (κ2) is 3.69. The van der Waals surface area contributed by atoms with Gasteiger partial charge in [-0.1, -0.05) is 0 Å². The zero-order valence-electron chi connectivity index (χ0n) is 6.96. The fourth-order valence-electron chi connectivity index (χ4n) is 0.880. The largest absolute Gasteiger partial charge is 0.377 e. The summed E-state index contributed by atoms with van der Waals surface area (Å²) in [5, 5.41) is 2.84. The van der Waals surface area contributed by atoms with E-state index >= 15 is 0 Å². The number of carbonyl (C=O) groups excluding carboxylic acids is 1. The van der Waals surface area contributed by atoms with Crippen molar-refractivity contribution in [1.29, 1.82) is 0 Å². The van der Waals surface area contributed by atoms with Gasteiger partial charge in [0.15, 0.2) is 0 Å². The zero-order valence-corrected chi connectivity index (χ0v) is 6.96. The molecule has 0 saturated carbocycles.